The zero-order valence-corrected chi connectivity index (χ0v) is 13.7. The van der Waals surface area contributed by atoms with Crippen LogP contribution in [0.4, 0.5) is 5.82 Å². The zero-order chi connectivity index (χ0) is 13.8. The molecule has 4 nitrogen and oxygen atoms in total. The Morgan fingerprint density at radius 2 is 2.21 bits per heavy atom. The van der Waals surface area contributed by atoms with Crippen molar-refractivity contribution in [2.45, 2.75) is 39.7 Å². The summed E-state index contributed by atoms with van der Waals surface area (Å²) in [6, 6.07) is 2.05. The number of nitrogens with one attached hydrogen (secondary N) is 1. The van der Waals surface area contributed by atoms with Gasteiger partial charge < -0.3 is 5.32 Å². The molecule has 1 N–H and O–H groups in total. The van der Waals surface area contributed by atoms with Crippen LogP contribution in [-0.4, -0.2) is 15.0 Å². The molecule has 1 unspecified atom stereocenters. The van der Waals surface area contributed by atoms with Crippen LogP contribution in [0.3, 0.4) is 0 Å². The molecule has 1 atom stereocenters. The summed E-state index contributed by atoms with van der Waals surface area (Å²) in [5.41, 5.74) is 0. The molecule has 2 heterocycles. The minimum absolute atomic E-state index is 0.148. The minimum atomic E-state index is 0.148. The molecule has 2 rings (SSSR count). The molecule has 0 radical (unpaired) electrons. The van der Waals surface area contributed by atoms with E-state index in [0.717, 1.165) is 34.1 Å². The predicted molar refractivity (Wildman–Crippen MR) is 82.6 cm³/mol. The summed E-state index contributed by atoms with van der Waals surface area (Å²) in [5, 5.41) is 4.45. The minimum Gasteiger partial charge on any atom is -0.361 e. The number of rotatable bonds is 5. The van der Waals surface area contributed by atoms with Gasteiger partial charge in [-0.3, -0.25) is 0 Å². The van der Waals surface area contributed by atoms with E-state index in [0.29, 0.717) is 0 Å². The smallest absolute Gasteiger partial charge is 0.132 e. The van der Waals surface area contributed by atoms with Crippen molar-refractivity contribution in [1.29, 1.82) is 0 Å². The molecular formula is C13H17BrN4S. The third-order valence-corrected chi connectivity index (χ3v) is 4.09. The van der Waals surface area contributed by atoms with Crippen molar-refractivity contribution in [3.8, 4) is 0 Å². The summed E-state index contributed by atoms with van der Waals surface area (Å²) in [7, 11) is 0. The van der Waals surface area contributed by atoms with Gasteiger partial charge in [-0.1, -0.05) is 6.92 Å². The van der Waals surface area contributed by atoms with Gasteiger partial charge in [-0.05, 0) is 36.2 Å². The fourth-order valence-corrected chi connectivity index (χ4v) is 2.93. The highest BCUT2D eigenvalue weighted by molar-refractivity contribution is 9.10. The van der Waals surface area contributed by atoms with Crippen molar-refractivity contribution in [2.24, 2.45) is 0 Å². The Hall–Kier alpha value is -1.01. The fourth-order valence-electron chi connectivity index (χ4n) is 1.73. The van der Waals surface area contributed by atoms with E-state index in [2.05, 4.69) is 57.0 Å². The lowest BCUT2D eigenvalue weighted by atomic mass is 10.3. The Labute approximate surface area is 125 Å². The zero-order valence-electron chi connectivity index (χ0n) is 11.3. The molecule has 6 heteroatoms. The maximum Gasteiger partial charge on any atom is 0.132 e. The van der Waals surface area contributed by atoms with Crippen LogP contribution in [0.5, 0.6) is 0 Å². The van der Waals surface area contributed by atoms with Gasteiger partial charge in [0.25, 0.3) is 0 Å². The lowest BCUT2D eigenvalue weighted by Gasteiger charge is -2.12. The molecule has 0 fully saturated rings. The highest BCUT2D eigenvalue weighted by atomic mass is 79.9. The van der Waals surface area contributed by atoms with Gasteiger partial charge in [0.2, 0.25) is 0 Å². The largest absolute Gasteiger partial charge is 0.361 e. The Morgan fingerprint density at radius 3 is 2.84 bits per heavy atom. The van der Waals surface area contributed by atoms with Crippen molar-refractivity contribution in [3.63, 3.8) is 0 Å². The maximum absolute atomic E-state index is 4.52. The average Bonchev–Trinajstić information content (AvgIpc) is 2.75. The Balaban J connectivity index is 2.14. The van der Waals surface area contributed by atoms with Gasteiger partial charge in [-0.15, -0.1) is 11.3 Å². The number of hydrogen-bond donors (Lipinski definition) is 1. The van der Waals surface area contributed by atoms with Crippen molar-refractivity contribution in [1.82, 2.24) is 15.0 Å². The van der Waals surface area contributed by atoms with Gasteiger partial charge in [-0.2, -0.15) is 0 Å². The molecule has 0 saturated heterocycles. The molecule has 19 heavy (non-hydrogen) atoms. The first kappa shape index (κ1) is 14.4. The number of aromatic nitrogens is 3. The average molecular weight is 341 g/mol. The molecule has 0 aliphatic carbocycles. The summed E-state index contributed by atoms with van der Waals surface area (Å²) in [6.07, 6.45) is 3.83. The monoisotopic (exact) mass is 340 g/mol. The Morgan fingerprint density at radius 1 is 1.42 bits per heavy atom. The summed E-state index contributed by atoms with van der Waals surface area (Å²) >= 11 is 5.13. The normalized spacial score (nSPS) is 12.4. The molecular weight excluding hydrogens is 324 g/mol. The number of anilines is 1. The van der Waals surface area contributed by atoms with Gasteiger partial charge in [0, 0.05) is 23.6 Å². The SMILES string of the molecule is CCCc1nc(Br)cc(NC(C)c2ncc(C)s2)n1. The summed E-state index contributed by atoms with van der Waals surface area (Å²) in [6.45, 7) is 6.28. The summed E-state index contributed by atoms with van der Waals surface area (Å²) < 4.78 is 0.816. The van der Waals surface area contributed by atoms with E-state index >= 15 is 0 Å². The first-order valence-corrected chi connectivity index (χ1v) is 7.91. The van der Waals surface area contributed by atoms with Gasteiger partial charge in [0.15, 0.2) is 0 Å². The molecule has 2 aromatic rings. The van der Waals surface area contributed by atoms with E-state index in [1.165, 1.54) is 4.88 Å². The maximum atomic E-state index is 4.52. The van der Waals surface area contributed by atoms with E-state index in [1.54, 1.807) is 11.3 Å². The van der Waals surface area contributed by atoms with E-state index in [-0.39, 0.29) is 6.04 Å². The van der Waals surface area contributed by atoms with Gasteiger partial charge in [-0.25, -0.2) is 15.0 Å². The highest BCUT2D eigenvalue weighted by Gasteiger charge is 2.11. The first-order chi connectivity index (χ1) is 9.08. The molecule has 0 spiro atoms. The van der Waals surface area contributed by atoms with Gasteiger partial charge in [0.05, 0.1) is 6.04 Å². The molecule has 0 aliphatic rings. The molecule has 2 aromatic heterocycles. The molecule has 0 bridgehead atoms. The summed E-state index contributed by atoms with van der Waals surface area (Å²) in [4.78, 5) is 14.5. The van der Waals surface area contributed by atoms with Crippen LogP contribution in [0.15, 0.2) is 16.9 Å². The molecule has 0 aliphatic heterocycles. The number of halogens is 1. The topological polar surface area (TPSA) is 50.7 Å². The predicted octanol–water partition coefficient (Wildman–Crippen LogP) is 4.13. The Bertz CT molecular complexity index is 555. The molecule has 0 amide bonds. The second kappa shape index (κ2) is 6.43. The van der Waals surface area contributed by atoms with Crippen LogP contribution in [0, 0.1) is 6.92 Å². The van der Waals surface area contributed by atoms with E-state index < -0.39 is 0 Å². The third-order valence-electron chi connectivity index (χ3n) is 2.59. The van der Waals surface area contributed by atoms with Crippen LogP contribution < -0.4 is 5.32 Å². The van der Waals surface area contributed by atoms with Crippen molar-refractivity contribution < 1.29 is 0 Å². The fraction of sp³-hybridized carbons (Fsp3) is 0.462. The standard InChI is InChI=1S/C13H17BrN4S/c1-4-5-11-17-10(14)6-12(18-11)16-9(3)13-15-7-8(2)19-13/h6-7,9H,4-5H2,1-3H3,(H,16,17,18). The van der Waals surface area contributed by atoms with Crippen molar-refractivity contribution in [2.75, 3.05) is 5.32 Å². The van der Waals surface area contributed by atoms with E-state index in [1.807, 2.05) is 12.3 Å². The summed E-state index contributed by atoms with van der Waals surface area (Å²) in [5.74, 6) is 1.70. The van der Waals surface area contributed by atoms with Gasteiger partial charge in [0.1, 0.15) is 21.3 Å². The van der Waals surface area contributed by atoms with Crippen LogP contribution >= 0.6 is 27.3 Å². The molecule has 102 valence electrons. The van der Waals surface area contributed by atoms with Crippen LogP contribution in [0.1, 0.15) is 42.0 Å². The second-order valence-corrected chi connectivity index (χ2v) is 6.50. The third kappa shape index (κ3) is 3.98. The van der Waals surface area contributed by atoms with Crippen molar-refractivity contribution >= 4 is 33.1 Å². The quantitative estimate of drug-likeness (QED) is 0.831. The Kier molecular flexibility index (Phi) is 4.87. The number of thiazole rings is 1. The first-order valence-electron chi connectivity index (χ1n) is 6.30. The molecule has 0 aromatic carbocycles. The van der Waals surface area contributed by atoms with Crippen LogP contribution in [0.2, 0.25) is 0 Å². The van der Waals surface area contributed by atoms with Crippen molar-refractivity contribution in [3.05, 3.63) is 32.6 Å². The van der Waals surface area contributed by atoms with Crippen LogP contribution in [0.25, 0.3) is 0 Å². The highest BCUT2D eigenvalue weighted by Crippen LogP contribution is 2.23. The van der Waals surface area contributed by atoms with E-state index in [4.69, 9.17) is 0 Å². The lowest BCUT2D eigenvalue weighted by molar-refractivity contribution is 0.811. The molecule has 0 saturated carbocycles. The lowest BCUT2D eigenvalue weighted by Crippen LogP contribution is -2.09. The van der Waals surface area contributed by atoms with E-state index in [9.17, 15) is 0 Å². The van der Waals surface area contributed by atoms with Gasteiger partial charge >= 0.3 is 0 Å². The van der Waals surface area contributed by atoms with Crippen LogP contribution in [-0.2, 0) is 6.42 Å². The number of aryl methyl sites for hydroxylation is 2. The number of hydrogen-bond acceptors (Lipinski definition) is 5. The number of nitrogens with zero attached hydrogens (tertiary/aromatic N) is 3. The second-order valence-electron chi connectivity index (χ2n) is 4.42.